The van der Waals surface area contributed by atoms with Crippen molar-refractivity contribution in [2.24, 2.45) is 0 Å². The van der Waals surface area contributed by atoms with Gasteiger partial charge in [0, 0.05) is 37.4 Å². The normalized spacial score (nSPS) is 13.8. The van der Waals surface area contributed by atoms with Gasteiger partial charge >= 0.3 is 0 Å². The number of nitrogens with zero attached hydrogens (tertiary/aromatic N) is 3. The van der Waals surface area contributed by atoms with Crippen LogP contribution in [-0.4, -0.2) is 40.2 Å². The van der Waals surface area contributed by atoms with Crippen molar-refractivity contribution in [1.82, 2.24) is 20.0 Å². The van der Waals surface area contributed by atoms with Crippen molar-refractivity contribution in [1.29, 1.82) is 0 Å². The number of carbonyl (C=O) groups excluding carboxylic acids is 1. The summed E-state index contributed by atoms with van der Waals surface area (Å²) in [6.45, 7) is 8.61. The highest BCUT2D eigenvalue weighted by Crippen LogP contribution is 2.18. The van der Waals surface area contributed by atoms with Gasteiger partial charge in [-0.05, 0) is 61.6 Å². The fraction of sp³-hybridized carbons (Fsp3) is 0.360. The van der Waals surface area contributed by atoms with E-state index in [9.17, 15) is 4.79 Å². The van der Waals surface area contributed by atoms with Crippen LogP contribution in [-0.2, 0) is 19.5 Å². The fourth-order valence-corrected chi connectivity index (χ4v) is 4.12. The van der Waals surface area contributed by atoms with E-state index in [0.717, 1.165) is 56.0 Å². The summed E-state index contributed by atoms with van der Waals surface area (Å²) in [6.07, 6.45) is 2.08. The Morgan fingerprint density at radius 1 is 1.07 bits per heavy atom. The van der Waals surface area contributed by atoms with Crippen LogP contribution in [0.3, 0.4) is 0 Å². The number of aryl methyl sites for hydroxylation is 2. The third kappa shape index (κ3) is 4.97. The van der Waals surface area contributed by atoms with Crippen molar-refractivity contribution in [3.8, 4) is 0 Å². The molecule has 30 heavy (non-hydrogen) atoms. The maximum Gasteiger partial charge on any atom is 0.251 e. The first-order chi connectivity index (χ1) is 14.6. The van der Waals surface area contributed by atoms with Crippen molar-refractivity contribution in [2.75, 3.05) is 19.6 Å². The van der Waals surface area contributed by atoms with Gasteiger partial charge in [0.05, 0.1) is 12.2 Å². The first-order valence-corrected chi connectivity index (χ1v) is 10.8. The van der Waals surface area contributed by atoms with E-state index in [2.05, 4.69) is 52.6 Å². The summed E-state index contributed by atoms with van der Waals surface area (Å²) in [5.41, 5.74) is 6.93. The Labute approximate surface area is 178 Å². The standard InChI is InChI=1S/C25H30N4O/c1-19-16-20(2)29(27-19)17-21-8-10-23(11-9-21)25(30)26-13-5-14-28-15-12-22-6-3-4-7-24(22)18-28/h3-4,6-11,16H,5,12-15,17-18H2,1-2H3,(H,26,30). The number of rotatable bonds is 7. The summed E-state index contributed by atoms with van der Waals surface area (Å²) < 4.78 is 1.99. The van der Waals surface area contributed by atoms with Crippen LogP contribution in [0.4, 0.5) is 0 Å². The molecule has 3 aromatic rings. The summed E-state index contributed by atoms with van der Waals surface area (Å²) in [7, 11) is 0. The van der Waals surface area contributed by atoms with E-state index in [1.54, 1.807) is 0 Å². The smallest absolute Gasteiger partial charge is 0.251 e. The van der Waals surface area contributed by atoms with Crippen LogP contribution >= 0.6 is 0 Å². The molecule has 1 aromatic heterocycles. The van der Waals surface area contributed by atoms with E-state index in [0.29, 0.717) is 12.1 Å². The fourth-order valence-electron chi connectivity index (χ4n) is 4.12. The number of amides is 1. The Bertz CT molecular complexity index is 1010. The zero-order chi connectivity index (χ0) is 20.9. The highest BCUT2D eigenvalue weighted by Gasteiger charge is 2.15. The molecule has 0 fully saturated rings. The van der Waals surface area contributed by atoms with Gasteiger partial charge in [-0.2, -0.15) is 5.10 Å². The van der Waals surface area contributed by atoms with E-state index >= 15 is 0 Å². The van der Waals surface area contributed by atoms with E-state index in [1.807, 2.05) is 35.9 Å². The van der Waals surface area contributed by atoms with Gasteiger partial charge < -0.3 is 5.32 Å². The second kappa shape index (κ2) is 9.26. The maximum atomic E-state index is 12.4. The molecule has 0 saturated carbocycles. The van der Waals surface area contributed by atoms with Gasteiger partial charge in [0.15, 0.2) is 0 Å². The van der Waals surface area contributed by atoms with Gasteiger partial charge in [0.25, 0.3) is 5.91 Å². The topological polar surface area (TPSA) is 50.2 Å². The van der Waals surface area contributed by atoms with Gasteiger partial charge in [-0.25, -0.2) is 0 Å². The molecule has 0 spiro atoms. The predicted octanol–water partition coefficient (Wildman–Crippen LogP) is 3.73. The van der Waals surface area contributed by atoms with E-state index < -0.39 is 0 Å². The summed E-state index contributed by atoms with van der Waals surface area (Å²) in [6, 6.07) is 18.6. The highest BCUT2D eigenvalue weighted by molar-refractivity contribution is 5.94. The van der Waals surface area contributed by atoms with Crippen molar-refractivity contribution in [3.63, 3.8) is 0 Å². The number of aromatic nitrogens is 2. The average molecular weight is 403 g/mol. The largest absolute Gasteiger partial charge is 0.352 e. The molecule has 4 rings (SSSR count). The van der Waals surface area contributed by atoms with Gasteiger partial charge in [-0.3, -0.25) is 14.4 Å². The molecular formula is C25H30N4O. The van der Waals surface area contributed by atoms with Crippen LogP contribution in [0, 0.1) is 13.8 Å². The first-order valence-electron chi connectivity index (χ1n) is 10.8. The molecule has 1 aliphatic heterocycles. The minimum absolute atomic E-state index is 0.00310. The zero-order valence-corrected chi connectivity index (χ0v) is 17.9. The Hall–Kier alpha value is -2.92. The zero-order valence-electron chi connectivity index (χ0n) is 17.9. The minimum atomic E-state index is -0.00310. The van der Waals surface area contributed by atoms with Gasteiger partial charge in [-0.1, -0.05) is 36.4 Å². The summed E-state index contributed by atoms with van der Waals surface area (Å²) in [5.74, 6) is -0.00310. The molecule has 0 radical (unpaired) electrons. The maximum absolute atomic E-state index is 12.4. The number of fused-ring (bicyclic) bond motifs is 1. The van der Waals surface area contributed by atoms with Crippen LogP contribution in [0.1, 0.15) is 44.9 Å². The van der Waals surface area contributed by atoms with Crippen LogP contribution in [0.5, 0.6) is 0 Å². The molecule has 0 aliphatic carbocycles. The third-order valence-electron chi connectivity index (χ3n) is 5.80. The Morgan fingerprint density at radius 2 is 1.83 bits per heavy atom. The Kier molecular flexibility index (Phi) is 6.29. The second-order valence-electron chi connectivity index (χ2n) is 8.19. The Morgan fingerprint density at radius 3 is 2.57 bits per heavy atom. The van der Waals surface area contributed by atoms with E-state index in [4.69, 9.17) is 0 Å². The molecule has 0 atom stereocenters. The lowest BCUT2D eigenvalue weighted by atomic mass is 10.00. The molecule has 1 amide bonds. The number of benzene rings is 2. The summed E-state index contributed by atoms with van der Waals surface area (Å²) >= 11 is 0. The van der Waals surface area contributed by atoms with Gasteiger partial charge in [-0.15, -0.1) is 0 Å². The molecule has 0 saturated heterocycles. The highest BCUT2D eigenvalue weighted by atomic mass is 16.1. The lowest BCUT2D eigenvalue weighted by Crippen LogP contribution is -2.33. The van der Waals surface area contributed by atoms with Crippen molar-refractivity contribution in [3.05, 3.63) is 88.2 Å². The van der Waals surface area contributed by atoms with Crippen molar-refractivity contribution < 1.29 is 4.79 Å². The number of hydrogen-bond acceptors (Lipinski definition) is 3. The SMILES string of the molecule is Cc1cc(C)n(Cc2ccc(C(=O)NCCCN3CCc4ccccc4C3)cc2)n1. The van der Waals surface area contributed by atoms with Crippen molar-refractivity contribution in [2.45, 2.75) is 39.8 Å². The van der Waals surface area contributed by atoms with Crippen LogP contribution in [0.25, 0.3) is 0 Å². The van der Waals surface area contributed by atoms with Gasteiger partial charge in [0.1, 0.15) is 0 Å². The van der Waals surface area contributed by atoms with Crippen LogP contribution < -0.4 is 5.32 Å². The summed E-state index contributed by atoms with van der Waals surface area (Å²) in [5, 5.41) is 7.55. The molecule has 0 unspecified atom stereocenters. The molecule has 0 bridgehead atoms. The number of nitrogens with one attached hydrogen (secondary N) is 1. The lowest BCUT2D eigenvalue weighted by Gasteiger charge is -2.28. The molecule has 1 aliphatic rings. The Balaban J connectivity index is 1.21. The molecule has 2 heterocycles. The molecule has 5 heteroatoms. The quantitative estimate of drug-likeness (QED) is 0.613. The molecule has 5 nitrogen and oxygen atoms in total. The van der Waals surface area contributed by atoms with Crippen molar-refractivity contribution >= 4 is 5.91 Å². The minimum Gasteiger partial charge on any atom is -0.352 e. The predicted molar refractivity (Wildman–Crippen MR) is 120 cm³/mol. The first kappa shape index (κ1) is 20.4. The molecule has 2 aromatic carbocycles. The molecule has 1 N–H and O–H groups in total. The van der Waals surface area contributed by atoms with Gasteiger partial charge in [0.2, 0.25) is 0 Å². The monoisotopic (exact) mass is 402 g/mol. The summed E-state index contributed by atoms with van der Waals surface area (Å²) in [4.78, 5) is 14.9. The average Bonchev–Trinajstić information content (AvgIpc) is 3.08. The number of carbonyl (C=O) groups is 1. The molecular weight excluding hydrogens is 372 g/mol. The lowest BCUT2D eigenvalue weighted by molar-refractivity contribution is 0.0951. The van der Waals surface area contributed by atoms with E-state index in [1.165, 1.54) is 11.1 Å². The van der Waals surface area contributed by atoms with E-state index in [-0.39, 0.29) is 5.91 Å². The van der Waals surface area contributed by atoms with Crippen LogP contribution in [0.15, 0.2) is 54.6 Å². The molecule has 156 valence electrons. The second-order valence-corrected chi connectivity index (χ2v) is 8.19. The van der Waals surface area contributed by atoms with Crippen LogP contribution in [0.2, 0.25) is 0 Å². The third-order valence-corrected chi connectivity index (χ3v) is 5.80. The number of hydrogen-bond donors (Lipinski definition) is 1.